The Labute approximate surface area is 123 Å². The van der Waals surface area contributed by atoms with Crippen LogP contribution in [0.4, 0.5) is 24.0 Å². The molecule has 0 fully saturated rings. The number of thiazole rings is 1. The van der Waals surface area contributed by atoms with Crippen LogP contribution in [0.5, 0.6) is 0 Å². The highest BCUT2D eigenvalue weighted by Crippen LogP contribution is 2.34. The van der Waals surface area contributed by atoms with E-state index >= 15 is 0 Å². The highest BCUT2D eigenvalue weighted by atomic mass is 79.9. The van der Waals surface area contributed by atoms with Crippen LogP contribution in [-0.2, 0) is 6.18 Å². The van der Waals surface area contributed by atoms with Crippen LogP contribution in [0.15, 0.2) is 28.9 Å². The van der Waals surface area contributed by atoms with Crippen molar-refractivity contribution < 1.29 is 23.1 Å². The van der Waals surface area contributed by atoms with Gasteiger partial charge in [0.15, 0.2) is 5.13 Å². The molecule has 1 heterocycles. The minimum Gasteiger partial charge on any atom is -0.477 e. The average molecular weight is 367 g/mol. The fourth-order valence-electron chi connectivity index (χ4n) is 1.38. The molecule has 4 nitrogen and oxygen atoms in total. The Balaban J connectivity index is 2.28. The monoisotopic (exact) mass is 366 g/mol. The van der Waals surface area contributed by atoms with Gasteiger partial charge in [-0.25, -0.2) is 9.78 Å². The molecule has 0 saturated carbocycles. The van der Waals surface area contributed by atoms with Crippen molar-refractivity contribution in [3.63, 3.8) is 0 Å². The number of nitrogens with one attached hydrogen (secondary N) is 1. The highest BCUT2D eigenvalue weighted by molar-refractivity contribution is 9.10. The molecule has 0 aliphatic heterocycles. The molecule has 1 aromatic heterocycles. The fourth-order valence-corrected chi connectivity index (χ4v) is 2.55. The zero-order chi connectivity index (χ0) is 14.9. The zero-order valence-corrected chi connectivity index (χ0v) is 11.9. The molecule has 0 aliphatic rings. The van der Waals surface area contributed by atoms with Gasteiger partial charge in [0.2, 0.25) is 0 Å². The summed E-state index contributed by atoms with van der Waals surface area (Å²) in [5.74, 6) is -1.14. The first-order valence-corrected chi connectivity index (χ1v) is 6.70. The lowest BCUT2D eigenvalue weighted by molar-refractivity contribution is -0.137. The van der Waals surface area contributed by atoms with E-state index in [0.29, 0.717) is 0 Å². The maximum atomic E-state index is 12.7. The third kappa shape index (κ3) is 3.48. The summed E-state index contributed by atoms with van der Waals surface area (Å²) in [6, 6.07) is 3.32. The van der Waals surface area contributed by atoms with Gasteiger partial charge in [0, 0.05) is 10.2 Å². The summed E-state index contributed by atoms with van der Waals surface area (Å²) in [5, 5.41) is 11.6. The van der Waals surface area contributed by atoms with E-state index < -0.39 is 17.7 Å². The summed E-state index contributed by atoms with van der Waals surface area (Å²) in [4.78, 5) is 14.5. The van der Waals surface area contributed by atoms with Crippen molar-refractivity contribution in [2.24, 2.45) is 0 Å². The van der Waals surface area contributed by atoms with Gasteiger partial charge in [-0.3, -0.25) is 0 Å². The lowest BCUT2D eigenvalue weighted by Crippen LogP contribution is -2.05. The number of carbonyl (C=O) groups is 1. The summed E-state index contributed by atoms with van der Waals surface area (Å²) < 4.78 is 38.2. The first kappa shape index (κ1) is 14.8. The third-order valence-electron chi connectivity index (χ3n) is 2.19. The van der Waals surface area contributed by atoms with Gasteiger partial charge in [-0.1, -0.05) is 27.3 Å². The van der Waals surface area contributed by atoms with Gasteiger partial charge >= 0.3 is 12.1 Å². The van der Waals surface area contributed by atoms with E-state index in [2.05, 4.69) is 26.2 Å². The maximum Gasteiger partial charge on any atom is 0.416 e. The first-order chi connectivity index (χ1) is 9.25. The predicted molar refractivity (Wildman–Crippen MR) is 71.5 cm³/mol. The maximum absolute atomic E-state index is 12.7. The summed E-state index contributed by atoms with van der Waals surface area (Å²) >= 11 is 3.83. The molecule has 0 unspecified atom stereocenters. The number of alkyl halides is 3. The summed E-state index contributed by atoms with van der Waals surface area (Å²) in [7, 11) is 0. The Bertz CT molecular complexity index is 657. The number of anilines is 2. The number of carboxylic acids is 1. The molecule has 20 heavy (non-hydrogen) atoms. The second-order valence-corrected chi connectivity index (χ2v) is 5.63. The topological polar surface area (TPSA) is 62.2 Å². The molecular formula is C11H6BrF3N2O2S. The van der Waals surface area contributed by atoms with Crippen LogP contribution < -0.4 is 5.32 Å². The number of nitrogens with zero attached hydrogens (tertiary/aromatic N) is 1. The fraction of sp³-hybridized carbons (Fsp3) is 0.0909. The zero-order valence-electron chi connectivity index (χ0n) is 9.53. The number of hydrogen-bond acceptors (Lipinski definition) is 4. The number of carboxylic acid groups (broad SMARTS) is 1. The van der Waals surface area contributed by atoms with Crippen molar-refractivity contribution in [2.45, 2.75) is 6.18 Å². The molecule has 0 bridgehead atoms. The molecule has 1 aromatic carbocycles. The molecular weight excluding hydrogens is 361 g/mol. The van der Waals surface area contributed by atoms with E-state index in [0.717, 1.165) is 29.7 Å². The first-order valence-electron chi connectivity index (χ1n) is 5.09. The van der Waals surface area contributed by atoms with Gasteiger partial charge in [-0.2, -0.15) is 13.2 Å². The summed E-state index contributed by atoms with van der Waals surface area (Å²) in [5.41, 5.74) is -0.651. The lowest BCUT2D eigenvalue weighted by atomic mass is 10.2. The van der Waals surface area contributed by atoms with Crippen LogP contribution in [0.2, 0.25) is 0 Å². The number of aromatic carboxylic acids is 1. The van der Waals surface area contributed by atoms with Crippen LogP contribution in [-0.4, -0.2) is 16.1 Å². The second-order valence-electron chi connectivity index (χ2n) is 3.69. The predicted octanol–water partition coefficient (Wildman–Crippen LogP) is 4.37. The average Bonchev–Trinajstić information content (AvgIpc) is 2.75. The molecule has 0 spiro atoms. The number of hydrogen-bond donors (Lipinski definition) is 2. The smallest absolute Gasteiger partial charge is 0.416 e. The molecule has 0 amide bonds. The van der Waals surface area contributed by atoms with Gasteiger partial charge in [0.05, 0.1) is 11.8 Å². The Hall–Kier alpha value is -1.61. The third-order valence-corrected chi connectivity index (χ3v) is 3.55. The van der Waals surface area contributed by atoms with Gasteiger partial charge in [0.25, 0.3) is 0 Å². The highest BCUT2D eigenvalue weighted by Gasteiger charge is 2.31. The standard InChI is InChI=1S/C11H6BrF3N2O2S/c12-6-1-5(11(13,14)15)2-7(3-6)17-10-16-4-8(20-10)9(18)19/h1-4H,(H,16,17)(H,18,19). The van der Waals surface area contributed by atoms with Gasteiger partial charge in [-0.05, 0) is 18.2 Å². The molecule has 2 N–H and O–H groups in total. The van der Waals surface area contributed by atoms with Crippen LogP contribution in [0, 0.1) is 0 Å². The van der Waals surface area contributed by atoms with E-state index in [1.807, 2.05) is 0 Å². The Morgan fingerprint density at radius 1 is 1.35 bits per heavy atom. The number of aromatic nitrogens is 1. The van der Waals surface area contributed by atoms with Crippen molar-refractivity contribution in [3.05, 3.63) is 39.3 Å². The van der Waals surface area contributed by atoms with E-state index in [1.54, 1.807) is 0 Å². The minimum absolute atomic E-state index is 0.00135. The van der Waals surface area contributed by atoms with E-state index in [9.17, 15) is 18.0 Å². The Morgan fingerprint density at radius 3 is 2.60 bits per heavy atom. The molecule has 0 aliphatic carbocycles. The van der Waals surface area contributed by atoms with Crippen molar-refractivity contribution in [2.75, 3.05) is 5.32 Å². The Kier molecular flexibility index (Phi) is 4.00. The van der Waals surface area contributed by atoms with Crippen LogP contribution in [0.25, 0.3) is 0 Å². The van der Waals surface area contributed by atoms with Gasteiger partial charge < -0.3 is 10.4 Å². The molecule has 0 saturated heterocycles. The van der Waals surface area contributed by atoms with Gasteiger partial charge in [0.1, 0.15) is 4.88 Å². The lowest BCUT2D eigenvalue weighted by Gasteiger charge is -2.10. The molecule has 106 valence electrons. The van der Waals surface area contributed by atoms with Crippen molar-refractivity contribution >= 4 is 44.1 Å². The minimum atomic E-state index is -4.46. The summed E-state index contributed by atoms with van der Waals surface area (Å²) in [6.45, 7) is 0. The van der Waals surface area contributed by atoms with Crippen molar-refractivity contribution in [1.82, 2.24) is 4.98 Å². The molecule has 2 rings (SSSR count). The number of rotatable bonds is 3. The molecule has 0 radical (unpaired) electrons. The van der Waals surface area contributed by atoms with Gasteiger partial charge in [-0.15, -0.1) is 0 Å². The quantitative estimate of drug-likeness (QED) is 0.846. The van der Waals surface area contributed by atoms with E-state index in [4.69, 9.17) is 5.11 Å². The second kappa shape index (κ2) is 5.41. The molecule has 2 aromatic rings. The van der Waals surface area contributed by atoms with Crippen molar-refractivity contribution in [3.8, 4) is 0 Å². The Morgan fingerprint density at radius 2 is 2.05 bits per heavy atom. The largest absolute Gasteiger partial charge is 0.477 e. The van der Waals surface area contributed by atoms with Crippen LogP contribution in [0.1, 0.15) is 15.2 Å². The van der Waals surface area contributed by atoms with Crippen LogP contribution in [0.3, 0.4) is 0 Å². The normalized spacial score (nSPS) is 11.4. The van der Waals surface area contributed by atoms with Crippen molar-refractivity contribution in [1.29, 1.82) is 0 Å². The molecule has 9 heteroatoms. The van der Waals surface area contributed by atoms with E-state index in [-0.39, 0.29) is 20.2 Å². The summed E-state index contributed by atoms with van der Waals surface area (Å²) in [6.07, 6.45) is -3.33. The van der Waals surface area contributed by atoms with E-state index in [1.165, 1.54) is 6.07 Å². The van der Waals surface area contributed by atoms with Crippen LogP contribution >= 0.6 is 27.3 Å². The molecule has 0 atom stereocenters. The number of halogens is 4. The SMILES string of the molecule is O=C(O)c1cnc(Nc2cc(Br)cc(C(F)(F)F)c2)s1. The number of benzene rings is 1.